The molecule has 0 atom stereocenters. The molecule has 0 fully saturated rings. The second-order valence-corrected chi connectivity index (χ2v) is 6.07. The molecular formula is C9H16F3NO3S. The Hall–Kier alpha value is -0.630. The maximum atomic E-state index is 11.7. The third-order valence-electron chi connectivity index (χ3n) is 2.00. The number of rotatable bonds is 8. The highest BCUT2D eigenvalue weighted by Crippen LogP contribution is 2.11. The van der Waals surface area contributed by atoms with Crippen molar-refractivity contribution in [1.82, 2.24) is 5.32 Å². The normalized spacial score (nSPS) is 12.7. The zero-order valence-electron chi connectivity index (χ0n) is 9.51. The molecule has 4 nitrogen and oxygen atoms in total. The number of nitrogens with one attached hydrogen (secondary N) is 1. The van der Waals surface area contributed by atoms with Crippen LogP contribution < -0.4 is 5.32 Å². The first-order valence-electron chi connectivity index (χ1n) is 5.16. The number of hydrogen-bond acceptors (Lipinski definition) is 4. The van der Waals surface area contributed by atoms with Crippen LogP contribution in [0.1, 0.15) is 19.8 Å². The molecule has 1 N–H and O–H groups in total. The first-order chi connectivity index (χ1) is 7.66. The molecule has 0 saturated carbocycles. The van der Waals surface area contributed by atoms with E-state index in [0.717, 1.165) is 0 Å². The third kappa shape index (κ3) is 10.3. The fraction of sp³-hybridized carbons (Fsp3) is 0.889. The molecule has 0 aromatic carbocycles. The van der Waals surface area contributed by atoms with Crippen molar-refractivity contribution in [3.63, 3.8) is 0 Å². The van der Waals surface area contributed by atoms with Gasteiger partial charge in [0.15, 0.2) is 0 Å². The Morgan fingerprint density at radius 1 is 1.29 bits per heavy atom. The van der Waals surface area contributed by atoms with E-state index in [1.54, 1.807) is 0 Å². The molecule has 8 heteroatoms. The highest BCUT2D eigenvalue weighted by Gasteiger charge is 2.26. The summed E-state index contributed by atoms with van der Waals surface area (Å²) < 4.78 is 57.2. The van der Waals surface area contributed by atoms with E-state index in [1.165, 1.54) is 6.92 Å². The SMILES string of the molecule is CCS(=O)(=O)CCCC(=O)CNCC(F)(F)F. The summed E-state index contributed by atoms with van der Waals surface area (Å²) in [6.07, 6.45) is -4.21. The summed E-state index contributed by atoms with van der Waals surface area (Å²) in [4.78, 5) is 11.1. The Morgan fingerprint density at radius 3 is 2.35 bits per heavy atom. The van der Waals surface area contributed by atoms with Crippen LogP contribution in [0.2, 0.25) is 0 Å². The van der Waals surface area contributed by atoms with Crippen molar-refractivity contribution in [2.24, 2.45) is 0 Å². The largest absolute Gasteiger partial charge is 0.401 e. The smallest absolute Gasteiger partial charge is 0.302 e. The van der Waals surface area contributed by atoms with E-state index in [-0.39, 0.29) is 30.9 Å². The monoisotopic (exact) mass is 275 g/mol. The number of halogens is 3. The van der Waals surface area contributed by atoms with E-state index in [9.17, 15) is 26.4 Å². The molecule has 0 heterocycles. The van der Waals surface area contributed by atoms with Crippen molar-refractivity contribution in [2.75, 3.05) is 24.6 Å². The quantitative estimate of drug-likeness (QED) is 0.715. The maximum Gasteiger partial charge on any atom is 0.401 e. The number of carbonyl (C=O) groups is 1. The summed E-state index contributed by atoms with van der Waals surface area (Å²) in [5.41, 5.74) is 0. The minimum absolute atomic E-state index is 0.00745. The number of ketones is 1. The van der Waals surface area contributed by atoms with Gasteiger partial charge in [-0.15, -0.1) is 0 Å². The van der Waals surface area contributed by atoms with Crippen LogP contribution in [0.15, 0.2) is 0 Å². The summed E-state index contributed by atoms with van der Waals surface area (Å²) in [5, 5.41) is 1.96. The standard InChI is InChI=1S/C9H16F3NO3S/c1-2-17(15,16)5-3-4-8(14)6-13-7-9(10,11)12/h13H,2-7H2,1H3. The maximum absolute atomic E-state index is 11.7. The first-order valence-corrected chi connectivity index (χ1v) is 6.98. The molecule has 0 aliphatic rings. The lowest BCUT2D eigenvalue weighted by atomic mass is 10.2. The molecule has 0 saturated heterocycles. The van der Waals surface area contributed by atoms with Crippen LogP contribution >= 0.6 is 0 Å². The van der Waals surface area contributed by atoms with Gasteiger partial charge < -0.3 is 5.32 Å². The van der Waals surface area contributed by atoms with Crippen LogP contribution in [0, 0.1) is 0 Å². The Balaban J connectivity index is 3.68. The van der Waals surface area contributed by atoms with Crippen molar-refractivity contribution in [3.8, 4) is 0 Å². The second-order valence-electron chi connectivity index (χ2n) is 3.60. The topological polar surface area (TPSA) is 63.2 Å². The lowest BCUT2D eigenvalue weighted by Gasteiger charge is -2.07. The molecule has 0 bridgehead atoms. The molecule has 0 amide bonds. The molecule has 0 aromatic heterocycles. The van der Waals surface area contributed by atoms with Gasteiger partial charge in [-0.05, 0) is 6.42 Å². The summed E-state index contributed by atoms with van der Waals surface area (Å²) in [5.74, 6) is -0.511. The first kappa shape index (κ1) is 16.4. The average molecular weight is 275 g/mol. The summed E-state index contributed by atoms with van der Waals surface area (Å²) in [7, 11) is -3.11. The zero-order chi connectivity index (χ0) is 13.5. The number of alkyl halides is 3. The van der Waals surface area contributed by atoms with Crippen molar-refractivity contribution in [1.29, 1.82) is 0 Å². The van der Waals surface area contributed by atoms with Gasteiger partial charge in [0.2, 0.25) is 0 Å². The van der Waals surface area contributed by atoms with E-state index < -0.39 is 28.3 Å². The molecule has 0 aromatic rings. The van der Waals surface area contributed by atoms with Crippen LogP contribution in [-0.4, -0.2) is 45.0 Å². The highest BCUT2D eigenvalue weighted by atomic mass is 32.2. The van der Waals surface area contributed by atoms with Gasteiger partial charge in [0.05, 0.1) is 18.8 Å². The average Bonchev–Trinajstić information content (AvgIpc) is 2.15. The summed E-state index contributed by atoms with van der Waals surface area (Å²) in [6.45, 7) is -0.0975. The Kier molecular flexibility index (Phi) is 6.69. The Labute approximate surface area is 98.5 Å². The van der Waals surface area contributed by atoms with E-state index in [1.807, 2.05) is 5.32 Å². The van der Waals surface area contributed by atoms with E-state index in [2.05, 4.69) is 0 Å². The van der Waals surface area contributed by atoms with Gasteiger partial charge >= 0.3 is 6.18 Å². The zero-order valence-corrected chi connectivity index (χ0v) is 10.3. The lowest BCUT2D eigenvalue weighted by molar-refractivity contribution is -0.127. The minimum Gasteiger partial charge on any atom is -0.302 e. The van der Waals surface area contributed by atoms with Gasteiger partial charge in [0, 0.05) is 12.2 Å². The number of hydrogen-bond donors (Lipinski definition) is 1. The minimum atomic E-state index is -4.34. The van der Waals surface area contributed by atoms with Gasteiger partial charge in [0.1, 0.15) is 15.6 Å². The second kappa shape index (κ2) is 6.95. The number of carbonyl (C=O) groups excluding carboxylic acids is 1. The summed E-state index contributed by atoms with van der Waals surface area (Å²) >= 11 is 0. The fourth-order valence-electron chi connectivity index (χ4n) is 1.07. The van der Waals surface area contributed by atoms with Gasteiger partial charge in [-0.2, -0.15) is 13.2 Å². The van der Waals surface area contributed by atoms with Crippen LogP contribution in [0.3, 0.4) is 0 Å². The molecule has 0 spiro atoms. The lowest BCUT2D eigenvalue weighted by Crippen LogP contribution is -2.32. The molecule has 0 radical (unpaired) electrons. The van der Waals surface area contributed by atoms with Crippen molar-refractivity contribution in [2.45, 2.75) is 25.9 Å². The van der Waals surface area contributed by atoms with E-state index in [4.69, 9.17) is 0 Å². The van der Waals surface area contributed by atoms with Crippen LogP contribution in [-0.2, 0) is 14.6 Å². The third-order valence-corrected chi connectivity index (χ3v) is 3.79. The van der Waals surface area contributed by atoms with Crippen molar-refractivity contribution in [3.05, 3.63) is 0 Å². The molecule has 102 valence electrons. The Morgan fingerprint density at radius 2 is 1.88 bits per heavy atom. The van der Waals surface area contributed by atoms with E-state index >= 15 is 0 Å². The summed E-state index contributed by atoms with van der Waals surface area (Å²) in [6, 6.07) is 0. The van der Waals surface area contributed by atoms with Gasteiger partial charge in [0.25, 0.3) is 0 Å². The number of Topliss-reactive ketones (excluding diaryl/α,β-unsaturated/α-hetero) is 1. The highest BCUT2D eigenvalue weighted by molar-refractivity contribution is 7.91. The molecule has 0 rings (SSSR count). The molecule has 0 aliphatic carbocycles. The van der Waals surface area contributed by atoms with Crippen LogP contribution in [0.4, 0.5) is 13.2 Å². The number of sulfone groups is 1. The fourth-order valence-corrected chi connectivity index (χ4v) is 1.94. The Bertz CT molecular complexity index is 338. The van der Waals surface area contributed by atoms with Gasteiger partial charge in [-0.1, -0.05) is 6.92 Å². The molecule has 0 unspecified atom stereocenters. The van der Waals surface area contributed by atoms with Crippen LogP contribution in [0.25, 0.3) is 0 Å². The van der Waals surface area contributed by atoms with E-state index in [0.29, 0.717) is 0 Å². The predicted octanol–water partition coefficient (Wildman–Crippen LogP) is 0.922. The predicted molar refractivity (Wildman–Crippen MR) is 57.5 cm³/mol. The molecule has 17 heavy (non-hydrogen) atoms. The van der Waals surface area contributed by atoms with Gasteiger partial charge in [-0.25, -0.2) is 8.42 Å². The van der Waals surface area contributed by atoms with Crippen LogP contribution in [0.5, 0.6) is 0 Å². The van der Waals surface area contributed by atoms with Crippen molar-refractivity contribution < 1.29 is 26.4 Å². The van der Waals surface area contributed by atoms with Crippen molar-refractivity contribution >= 4 is 15.6 Å². The molecular weight excluding hydrogens is 259 g/mol. The van der Waals surface area contributed by atoms with Gasteiger partial charge in [-0.3, -0.25) is 4.79 Å². The molecule has 0 aliphatic heterocycles.